The molecule has 0 spiro atoms. The van der Waals surface area contributed by atoms with E-state index in [0.29, 0.717) is 17.7 Å². The molecule has 0 aliphatic rings. The lowest BCUT2D eigenvalue weighted by atomic mass is 10.1. The van der Waals surface area contributed by atoms with Crippen LogP contribution in [-0.2, 0) is 6.54 Å². The third-order valence-electron chi connectivity index (χ3n) is 2.72. The van der Waals surface area contributed by atoms with Gasteiger partial charge in [0.05, 0.1) is 0 Å². The zero-order chi connectivity index (χ0) is 13.8. The van der Waals surface area contributed by atoms with Crippen molar-refractivity contribution in [1.82, 2.24) is 0 Å². The molecule has 0 aliphatic carbocycles. The molecule has 5 nitrogen and oxygen atoms in total. The molecule has 0 saturated carbocycles. The lowest BCUT2D eigenvalue weighted by Gasteiger charge is -2.01. The van der Waals surface area contributed by atoms with Crippen LogP contribution in [-0.4, -0.2) is 11.8 Å². The maximum Gasteiger partial charge on any atom is 0.254 e. The van der Waals surface area contributed by atoms with Crippen LogP contribution in [0.3, 0.4) is 0 Å². The molecule has 6 heteroatoms. The summed E-state index contributed by atoms with van der Waals surface area (Å²) < 4.78 is 1.82. The van der Waals surface area contributed by atoms with Crippen molar-refractivity contribution in [3.05, 3.63) is 65.5 Å². The van der Waals surface area contributed by atoms with E-state index in [4.69, 9.17) is 11.5 Å². The van der Waals surface area contributed by atoms with E-state index >= 15 is 0 Å². The first-order valence-corrected chi connectivity index (χ1v) is 5.74. The SMILES string of the molecule is NC(=O)c1cccc(C[n+]2cccc(C(N)=O)c2)c1.[Br-]. The topological polar surface area (TPSA) is 90.1 Å². The highest BCUT2D eigenvalue weighted by atomic mass is 79.9. The number of amides is 2. The Morgan fingerprint density at radius 3 is 2.30 bits per heavy atom. The third kappa shape index (κ3) is 3.89. The molecule has 4 N–H and O–H groups in total. The second kappa shape index (κ2) is 6.81. The van der Waals surface area contributed by atoms with E-state index in [9.17, 15) is 9.59 Å². The van der Waals surface area contributed by atoms with Crippen LogP contribution in [0.4, 0.5) is 0 Å². The lowest BCUT2D eigenvalue weighted by molar-refractivity contribution is -0.688. The molecule has 20 heavy (non-hydrogen) atoms. The summed E-state index contributed by atoms with van der Waals surface area (Å²) in [5, 5.41) is 0. The minimum Gasteiger partial charge on any atom is -1.00 e. The Kier molecular flexibility index (Phi) is 5.40. The number of carbonyl (C=O) groups is 2. The summed E-state index contributed by atoms with van der Waals surface area (Å²) in [6.07, 6.45) is 3.49. The Morgan fingerprint density at radius 2 is 1.65 bits per heavy atom. The van der Waals surface area contributed by atoms with Crippen molar-refractivity contribution in [3.63, 3.8) is 0 Å². The number of nitrogens with zero attached hydrogens (tertiary/aromatic N) is 1. The van der Waals surface area contributed by atoms with E-state index in [1.807, 2.05) is 16.8 Å². The van der Waals surface area contributed by atoms with Gasteiger partial charge >= 0.3 is 0 Å². The maximum absolute atomic E-state index is 11.1. The highest BCUT2D eigenvalue weighted by Crippen LogP contribution is 2.04. The Morgan fingerprint density at radius 1 is 1.00 bits per heavy atom. The second-order valence-electron chi connectivity index (χ2n) is 4.19. The number of pyridine rings is 1. The summed E-state index contributed by atoms with van der Waals surface area (Å²) in [7, 11) is 0. The van der Waals surface area contributed by atoms with Crippen molar-refractivity contribution >= 4 is 11.8 Å². The van der Waals surface area contributed by atoms with Gasteiger partial charge in [-0.1, -0.05) is 12.1 Å². The molecule has 1 heterocycles. The number of hydrogen-bond donors (Lipinski definition) is 2. The number of hydrogen-bond acceptors (Lipinski definition) is 2. The minimum atomic E-state index is -0.472. The molecular weight excluding hydrogens is 322 g/mol. The Bertz CT molecular complexity index is 588. The molecule has 0 unspecified atom stereocenters. The average Bonchev–Trinajstić information content (AvgIpc) is 2.39. The fourth-order valence-corrected chi connectivity index (χ4v) is 1.80. The molecule has 0 fully saturated rings. The van der Waals surface area contributed by atoms with Gasteiger partial charge in [0.15, 0.2) is 18.9 Å². The van der Waals surface area contributed by atoms with E-state index in [0.717, 1.165) is 5.56 Å². The standard InChI is InChI=1S/C14H13N3O2.BrH/c15-13(18)11-4-1-3-10(7-11)8-17-6-2-5-12(9-17)14(16)19;/h1-7,9H,8H2,(H3-,15,16,18,19);1H. The molecule has 2 aromatic rings. The van der Waals surface area contributed by atoms with E-state index < -0.39 is 11.8 Å². The van der Waals surface area contributed by atoms with Gasteiger partial charge in [0.1, 0.15) is 5.56 Å². The largest absolute Gasteiger partial charge is 1.00 e. The van der Waals surface area contributed by atoms with Crippen LogP contribution < -0.4 is 33.0 Å². The van der Waals surface area contributed by atoms with Gasteiger partial charge in [0.25, 0.3) is 5.91 Å². The summed E-state index contributed by atoms with van der Waals surface area (Å²) >= 11 is 0. The number of halogens is 1. The Labute approximate surface area is 127 Å². The van der Waals surface area contributed by atoms with Crippen LogP contribution in [0, 0.1) is 0 Å². The molecule has 1 aromatic heterocycles. The molecule has 2 rings (SSSR count). The van der Waals surface area contributed by atoms with Gasteiger partial charge in [-0.25, -0.2) is 0 Å². The highest BCUT2D eigenvalue weighted by Gasteiger charge is 2.09. The molecule has 1 aromatic carbocycles. The molecule has 0 aliphatic heterocycles. The summed E-state index contributed by atoms with van der Waals surface area (Å²) in [5.41, 5.74) is 12.3. The van der Waals surface area contributed by atoms with Crippen molar-refractivity contribution in [2.75, 3.05) is 0 Å². The monoisotopic (exact) mass is 335 g/mol. The predicted octanol–water partition coefficient (Wildman–Crippen LogP) is -2.78. The van der Waals surface area contributed by atoms with Gasteiger partial charge in [-0.05, 0) is 18.2 Å². The van der Waals surface area contributed by atoms with E-state index in [2.05, 4.69) is 0 Å². The first-order chi connectivity index (χ1) is 9.06. The maximum atomic E-state index is 11.1. The molecular formula is C14H14BrN3O2. The smallest absolute Gasteiger partial charge is 0.254 e. The fourth-order valence-electron chi connectivity index (χ4n) is 1.80. The Hall–Kier alpha value is -2.21. The van der Waals surface area contributed by atoms with Gasteiger partial charge in [-0.2, -0.15) is 4.57 Å². The van der Waals surface area contributed by atoms with Crippen molar-refractivity contribution in [2.45, 2.75) is 6.54 Å². The summed E-state index contributed by atoms with van der Waals surface area (Å²) in [4.78, 5) is 22.2. The lowest BCUT2D eigenvalue weighted by Crippen LogP contribution is -3.00. The van der Waals surface area contributed by atoms with Gasteiger partial charge in [0.2, 0.25) is 5.91 Å². The molecule has 0 saturated heterocycles. The summed E-state index contributed by atoms with van der Waals surface area (Å²) in [6, 6.07) is 10.4. The van der Waals surface area contributed by atoms with Crippen LogP contribution >= 0.6 is 0 Å². The second-order valence-corrected chi connectivity index (χ2v) is 4.19. The number of primary amides is 2. The van der Waals surface area contributed by atoms with Crippen molar-refractivity contribution in [2.24, 2.45) is 11.5 Å². The van der Waals surface area contributed by atoms with Crippen LogP contribution in [0.2, 0.25) is 0 Å². The van der Waals surface area contributed by atoms with Crippen molar-refractivity contribution in [1.29, 1.82) is 0 Å². The average molecular weight is 336 g/mol. The zero-order valence-electron chi connectivity index (χ0n) is 10.6. The zero-order valence-corrected chi connectivity index (χ0v) is 12.2. The summed E-state index contributed by atoms with van der Waals surface area (Å²) in [6.45, 7) is 0.530. The van der Waals surface area contributed by atoms with Gasteiger partial charge in [-0.15, -0.1) is 0 Å². The highest BCUT2D eigenvalue weighted by molar-refractivity contribution is 5.93. The predicted molar refractivity (Wildman–Crippen MR) is 69.2 cm³/mol. The molecule has 0 atom stereocenters. The molecule has 0 radical (unpaired) electrons. The number of rotatable bonds is 4. The van der Waals surface area contributed by atoms with Crippen LogP contribution in [0.25, 0.3) is 0 Å². The quantitative estimate of drug-likeness (QED) is 0.592. The normalized spacial score (nSPS) is 9.60. The summed E-state index contributed by atoms with van der Waals surface area (Å²) in [5.74, 6) is -0.932. The van der Waals surface area contributed by atoms with Gasteiger partial charge in [-0.3, -0.25) is 9.59 Å². The van der Waals surface area contributed by atoms with E-state index in [1.165, 1.54) is 0 Å². The first kappa shape index (κ1) is 15.8. The molecule has 104 valence electrons. The molecule has 2 amide bonds. The molecule has 0 bridgehead atoms. The number of nitrogens with two attached hydrogens (primary N) is 2. The van der Waals surface area contributed by atoms with Crippen LogP contribution in [0.5, 0.6) is 0 Å². The Balaban J connectivity index is 0.00000200. The number of aromatic nitrogens is 1. The van der Waals surface area contributed by atoms with Crippen LogP contribution in [0.15, 0.2) is 48.8 Å². The van der Waals surface area contributed by atoms with E-state index in [1.54, 1.807) is 36.5 Å². The number of carbonyl (C=O) groups excluding carboxylic acids is 2. The number of benzene rings is 1. The minimum absolute atomic E-state index is 0. The third-order valence-corrected chi connectivity index (χ3v) is 2.72. The van der Waals surface area contributed by atoms with Gasteiger partial charge < -0.3 is 28.4 Å². The van der Waals surface area contributed by atoms with E-state index in [-0.39, 0.29) is 17.0 Å². The van der Waals surface area contributed by atoms with Gasteiger partial charge in [0, 0.05) is 17.2 Å². The van der Waals surface area contributed by atoms with Crippen LogP contribution in [0.1, 0.15) is 26.3 Å². The van der Waals surface area contributed by atoms with Crippen molar-refractivity contribution in [3.8, 4) is 0 Å². The van der Waals surface area contributed by atoms with Crippen molar-refractivity contribution < 1.29 is 31.1 Å². The first-order valence-electron chi connectivity index (χ1n) is 5.74. The fraction of sp³-hybridized carbons (Fsp3) is 0.0714.